The molecule has 224 valence electrons. The van der Waals surface area contributed by atoms with Crippen LogP contribution in [0.2, 0.25) is 24.7 Å². The number of ether oxygens (including phenoxy) is 2. The lowest BCUT2D eigenvalue weighted by Crippen LogP contribution is -2.52. The molecule has 3 amide bonds. The van der Waals surface area contributed by atoms with Gasteiger partial charge in [0.15, 0.2) is 12.6 Å². The smallest absolute Gasteiger partial charge is 0.319 e. The van der Waals surface area contributed by atoms with Crippen molar-refractivity contribution in [1.82, 2.24) is 20.4 Å². The fourth-order valence-corrected chi connectivity index (χ4v) is 8.23. The number of aromatic amines is 1. The molecule has 0 unspecified atom stereocenters. The number of rotatable bonds is 9. The molecule has 0 spiro atoms. The van der Waals surface area contributed by atoms with E-state index in [1.165, 1.54) is 0 Å². The first-order valence-corrected chi connectivity index (χ1v) is 17.9. The number of hydrogen-bond donors (Lipinski definition) is 3. The van der Waals surface area contributed by atoms with Crippen LogP contribution in [-0.4, -0.2) is 54.5 Å². The molecule has 2 heterocycles. The molecular formula is C30H45N5O5Si. The second-order valence-electron chi connectivity index (χ2n) is 13.8. The molecule has 2 aliphatic rings. The summed E-state index contributed by atoms with van der Waals surface area (Å²) >= 11 is 0. The third-order valence-electron chi connectivity index (χ3n) is 8.69. The number of anilines is 1. The van der Waals surface area contributed by atoms with E-state index in [0.717, 1.165) is 36.1 Å². The van der Waals surface area contributed by atoms with Crippen molar-refractivity contribution in [3.05, 3.63) is 47.2 Å². The number of H-pyrrole nitrogens is 1. The van der Waals surface area contributed by atoms with E-state index in [4.69, 9.17) is 9.47 Å². The number of aromatic nitrogens is 2. The number of amides is 3. The standard InChI is InChI=1S/C30H45N5O5Si/c1-28(2,3)26(37)40-19-39-18-22(20-13-10-9-11-14-20)31-27(38)35-17-21-23(29(35,4)5)33-34-24(21)32-25(36)30(15-12-16-30)41(6,7)8/h9-11,13-14,22H,12,15-19H2,1-8H3,(H,31,38)(H2,32,33,34,36)/t22-/m1/s1. The normalized spacial score (nSPS) is 18.2. The molecule has 1 aromatic heterocycles. The molecule has 41 heavy (non-hydrogen) atoms. The molecule has 4 rings (SSSR count). The predicted molar refractivity (Wildman–Crippen MR) is 160 cm³/mol. The van der Waals surface area contributed by atoms with E-state index < -0.39 is 25.1 Å². The van der Waals surface area contributed by atoms with Gasteiger partial charge >= 0.3 is 12.0 Å². The van der Waals surface area contributed by atoms with E-state index in [1.54, 1.807) is 25.7 Å². The zero-order valence-corrected chi connectivity index (χ0v) is 26.6. The lowest BCUT2D eigenvalue weighted by atomic mass is 9.83. The Morgan fingerprint density at radius 1 is 1.12 bits per heavy atom. The number of carbonyl (C=O) groups excluding carboxylic acids is 3. The van der Waals surface area contributed by atoms with Gasteiger partial charge in [-0.05, 0) is 53.0 Å². The van der Waals surface area contributed by atoms with Crippen molar-refractivity contribution in [3.63, 3.8) is 0 Å². The minimum absolute atomic E-state index is 0.0476. The number of hydrogen-bond acceptors (Lipinski definition) is 6. The van der Waals surface area contributed by atoms with Crippen LogP contribution in [-0.2, 0) is 31.1 Å². The molecule has 1 aliphatic heterocycles. The first-order valence-electron chi connectivity index (χ1n) is 14.4. The van der Waals surface area contributed by atoms with Crippen LogP contribution in [0.15, 0.2) is 30.3 Å². The Morgan fingerprint density at radius 3 is 2.34 bits per heavy atom. The molecule has 1 aliphatic carbocycles. The van der Waals surface area contributed by atoms with Gasteiger partial charge in [-0.25, -0.2) is 4.79 Å². The maximum absolute atomic E-state index is 13.7. The van der Waals surface area contributed by atoms with Gasteiger partial charge in [-0.1, -0.05) is 56.4 Å². The van der Waals surface area contributed by atoms with Crippen molar-refractivity contribution >= 4 is 31.8 Å². The number of carbonyl (C=O) groups is 3. The summed E-state index contributed by atoms with van der Waals surface area (Å²) in [5.41, 5.74) is 1.18. The number of benzene rings is 1. The highest BCUT2D eigenvalue weighted by Crippen LogP contribution is 2.56. The van der Waals surface area contributed by atoms with E-state index in [0.29, 0.717) is 12.4 Å². The molecular weight excluding hydrogens is 538 g/mol. The summed E-state index contributed by atoms with van der Waals surface area (Å²) in [5, 5.41) is 13.5. The molecule has 1 aromatic carbocycles. The largest absolute Gasteiger partial charge is 0.438 e. The third kappa shape index (κ3) is 6.06. The van der Waals surface area contributed by atoms with Crippen molar-refractivity contribution in [2.24, 2.45) is 5.41 Å². The number of nitrogens with one attached hydrogen (secondary N) is 3. The van der Waals surface area contributed by atoms with Gasteiger partial charge in [-0.3, -0.25) is 14.7 Å². The maximum Gasteiger partial charge on any atom is 0.319 e. The number of urea groups is 1. The Labute approximate surface area is 243 Å². The monoisotopic (exact) mass is 583 g/mol. The van der Waals surface area contributed by atoms with Crippen molar-refractivity contribution < 1.29 is 23.9 Å². The van der Waals surface area contributed by atoms with Crippen LogP contribution in [0.1, 0.15) is 76.7 Å². The molecule has 3 N–H and O–H groups in total. The van der Waals surface area contributed by atoms with Crippen molar-refractivity contribution in [1.29, 1.82) is 0 Å². The zero-order chi connectivity index (χ0) is 30.2. The molecule has 0 saturated heterocycles. The van der Waals surface area contributed by atoms with Gasteiger partial charge in [-0.15, -0.1) is 0 Å². The van der Waals surface area contributed by atoms with E-state index in [1.807, 2.05) is 44.2 Å². The Balaban J connectivity index is 1.46. The number of nitrogens with zero attached hydrogens (tertiary/aromatic N) is 2. The summed E-state index contributed by atoms with van der Waals surface area (Å²) < 4.78 is 10.9. The van der Waals surface area contributed by atoms with Crippen LogP contribution in [0.3, 0.4) is 0 Å². The number of fused-ring (bicyclic) bond motifs is 1. The van der Waals surface area contributed by atoms with Crippen LogP contribution >= 0.6 is 0 Å². The van der Waals surface area contributed by atoms with E-state index in [9.17, 15) is 14.4 Å². The summed E-state index contributed by atoms with van der Waals surface area (Å²) in [6.45, 7) is 16.2. The van der Waals surface area contributed by atoms with Gasteiger partial charge in [0.05, 0.1) is 43.9 Å². The average molecular weight is 584 g/mol. The van der Waals surface area contributed by atoms with Gasteiger partial charge in [0.1, 0.15) is 0 Å². The van der Waals surface area contributed by atoms with E-state index >= 15 is 0 Å². The second-order valence-corrected chi connectivity index (χ2v) is 19.3. The van der Waals surface area contributed by atoms with Crippen molar-refractivity contribution in [2.45, 2.75) is 96.7 Å². The van der Waals surface area contributed by atoms with Crippen LogP contribution in [0, 0.1) is 5.41 Å². The van der Waals surface area contributed by atoms with E-state index in [-0.39, 0.29) is 36.3 Å². The van der Waals surface area contributed by atoms with Crippen LogP contribution in [0.25, 0.3) is 0 Å². The van der Waals surface area contributed by atoms with Crippen LogP contribution in [0.4, 0.5) is 10.6 Å². The summed E-state index contributed by atoms with van der Waals surface area (Å²) in [4.78, 5) is 41.0. The lowest BCUT2D eigenvalue weighted by Gasteiger charge is -2.48. The highest BCUT2D eigenvalue weighted by atomic mass is 28.3. The van der Waals surface area contributed by atoms with Crippen LogP contribution in [0.5, 0.6) is 0 Å². The minimum Gasteiger partial charge on any atom is -0.438 e. The first-order chi connectivity index (χ1) is 19.1. The van der Waals surface area contributed by atoms with Crippen molar-refractivity contribution in [2.75, 3.05) is 18.7 Å². The van der Waals surface area contributed by atoms with Gasteiger partial charge in [-0.2, -0.15) is 5.10 Å². The minimum atomic E-state index is -1.75. The molecule has 0 radical (unpaired) electrons. The number of esters is 1. The summed E-state index contributed by atoms with van der Waals surface area (Å²) in [6, 6.07) is 8.78. The van der Waals surface area contributed by atoms with Crippen molar-refractivity contribution in [3.8, 4) is 0 Å². The Bertz CT molecular complexity index is 1270. The second kappa shape index (κ2) is 11.2. The quantitative estimate of drug-likeness (QED) is 0.151. The topological polar surface area (TPSA) is 126 Å². The summed E-state index contributed by atoms with van der Waals surface area (Å²) in [5.74, 6) is 0.190. The highest BCUT2D eigenvalue weighted by molar-refractivity contribution is 6.83. The maximum atomic E-state index is 13.7. The predicted octanol–water partition coefficient (Wildman–Crippen LogP) is 5.68. The SMILES string of the molecule is CC(C)(C)C(=O)OCOC[C@@H](NC(=O)N1Cc2c(NC(=O)C3([Si](C)(C)C)CCC3)n[nH]c2C1(C)C)c1ccccc1. The Morgan fingerprint density at radius 2 is 1.78 bits per heavy atom. The fraction of sp³-hybridized carbons (Fsp3) is 0.600. The van der Waals surface area contributed by atoms with E-state index in [2.05, 4.69) is 40.5 Å². The third-order valence-corrected chi connectivity index (χ3v) is 12.3. The van der Waals surface area contributed by atoms with Crippen LogP contribution < -0.4 is 10.6 Å². The lowest BCUT2D eigenvalue weighted by molar-refractivity contribution is -0.166. The molecule has 1 saturated carbocycles. The highest BCUT2D eigenvalue weighted by Gasteiger charge is 2.54. The fourth-order valence-electron chi connectivity index (χ4n) is 5.63. The Kier molecular flexibility index (Phi) is 8.44. The molecule has 0 bridgehead atoms. The van der Waals surface area contributed by atoms with Gasteiger partial charge in [0.25, 0.3) is 0 Å². The molecule has 1 fully saturated rings. The first kappa shape index (κ1) is 30.8. The molecule has 1 atom stereocenters. The van der Waals surface area contributed by atoms with Gasteiger partial charge < -0.3 is 25.0 Å². The van der Waals surface area contributed by atoms with Gasteiger partial charge in [0.2, 0.25) is 5.91 Å². The van der Waals surface area contributed by atoms with Gasteiger partial charge in [0, 0.05) is 10.6 Å². The molecule has 11 heteroatoms. The average Bonchev–Trinajstić information content (AvgIpc) is 3.36. The zero-order valence-electron chi connectivity index (χ0n) is 25.6. The molecule has 10 nitrogen and oxygen atoms in total. The Hall–Kier alpha value is -3.18. The summed E-state index contributed by atoms with van der Waals surface area (Å²) in [7, 11) is -1.75. The molecule has 2 aromatic rings. The summed E-state index contributed by atoms with van der Waals surface area (Å²) in [6.07, 6.45) is 2.90.